The van der Waals surface area contributed by atoms with E-state index >= 15 is 0 Å². The van der Waals surface area contributed by atoms with Gasteiger partial charge in [-0.25, -0.2) is 8.42 Å². The van der Waals surface area contributed by atoms with Crippen molar-refractivity contribution >= 4 is 27.5 Å². The van der Waals surface area contributed by atoms with Crippen molar-refractivity contribution < 1.29 is 13.2 Å². The predicted molar refractivity (Wildman–Crippen MR) is 119 cm³/mol. The molecule has 0 aliphatic carbocycles. The van der Waals surface area contributed by atoms with E-state index in [4.69, 9.17) is 0 Å². The second kappa shape index (κ2) is 9.19. The number of carbonyl (C=O) groups excluding carboxylic acids is 1. The number of hydrogen-bond donors (Lipinski definition) is 0. The van der Waals surface area contributed by atoms with Crippen LogP contribution in [0.1, 0.15) is 17.5 Å². The molecule has 1 unspecified atom stereocenters. The van der Waals surface area contributed by atoms with Crippen molar-refractivity contribution in [1.29, 1.82) is 0 Å². The molecule has 1 fully saturated rings. The van der Waals surface area contributed by atoms with Crippen molar-refractivity contribution in [2.45, 2.75) is 31.1 Å². The van der Waals surface area contributed by atoms with Gasteiger partial charge in [0.15, 0.2) is 9.84 Å². The van der Waals surface area contributed by atoms with Crippen molar-refractivity contribution in [3.05, 3.63) is 65.7 Å². The maximum Gasteiger partial charge on any atom is 0.233 e. The van der Waals surface area contributed by atoms with Crippen LogP contribution in [0.25, 0.3) is 5.69 Å². The molecule has 0 N–H and O–H groups in total. The topological polar surface area (TPSA) is 98.1 Å². The number of aromatic nitrogens is 4. The quantitative estimate of drug-likeness (QED) is 0.502. The van der Waals surface area contributed by atoms with Crippen LogP contribution in [0.15, 0.2) is 59.8 Å². The Bertz CT molecular complexity index is 1160. The van der Waals surface area contributed by atoms with E-state index in [9.17, 15) is 13.2 Å². The van der Waals surface area contributed by atoms with Crippen molar-refractivity contribution in [3.63, 3.8) is 0 Å². The SMILES string of the molecule is Cc1ccccc1-n1nnnc1SCC(=O)N(Cc1ccccc1)C1CCS(=O)(=O)C1. The maximum atomic E-state index is 13.2. The normalized spacial score (nSPS) is 17.5. The number of sulfone groups is 1. The van der Waals surface area contributed by atoms with Crippen LogP contribution in [-0.4, -0.2) is 62.7 Å². The van der Waals surface area contributed by atoms with Gasteiger partial charge in [-0.2, -0.15) is 4.68 Å². The highest BCUT2D eigenvalue weighted by Crippen LogP contribution is 2.24. The van der Waals surface area contributed by atoms with E-state index in [-0.39, 0.29) is 29.2 Å². The molecule has 2 heterocycles. The summed E-state index contributed by atoms with van der Waals surface area (Å²) in [5, 5.41) is 12.4. The number of amides is 1. The number of benzene rings is 2. The zero-order valence-electron chi connectivity index (χ0n) is 17.1. The summed E-state index contributed by atoms with van der Waals surface area (Å²) >= 11 is 1.25. The number of thioether (sulfide) groups is 1. The van der Waals surface area contributed by atoms with Crippen LogP contribution < -0.4 is 0 Å². The molecule has 1 amide bonds. The van der Waals surface area contributed by atoms with Crippen molar-refractivity contribution in [1.82, 2.24) is 25.1 Å². The van der Waals surface area contributed by atoms with Crippen LogP contribution in [0.5, 0.6) is 0 Å². The lowest BCUT2D eigenvalue weighted by Gasteiger charge is -2.28. The van der Waals surface area contributed by atoms with E-state index in [0.717, 1.165) is 16.8 Å². The van der Waals surface area contributed by atoms with Gasteiger partial charge in [0.1, 0.15) is 0 Å². The van der Waals surface area contributed by atoms with E-state index < -0.39 is 9.84 Å². The average Bonchev–Trinajstić information content (AvgIpc) is 3.37. The summed E-state index contributed by atoms with van der Waals surface area (Å²) in [6, 6.07) is 17.0. The van der Waals surface area contributed by atoms with Crippen molar-refractivity contribution in [3.8, 4) is 5.69 Å². The van der Waals surface area contributed by atoms with Gasteiger partial charge in [0.2, 0.25) is 11.1 Å². The minimum atomic E-state index is -3.11. The Morgan fingerprint density at radius 3 is 2.61 bits per heavy atom. The third-order valence-corrected chi connectivity index (χ3v) is 7.93. The number of aryl methyl sites for hydroxylation is 1. The van der Waals surface area contributed by atoms with E-state index in [1.165, 1.54) is 11.8 Å². The predicted octanol–water partition coefficient (Wildman–Crippen LogP) is 2.28. The maximum absolute atomic E-state index is 13.2. The molecule has 0 radical (unpaired) electrons. The first-order chi connectivity index (χ1) is 14.9. The molecule has 10 heteroatoms. The molecule has 1 aliphatic rings. The highest BCUT2D eigenvalue weighted by Gasteiger charge is 2.34. The Kier molecular flexibility index (Phi) is 6.38. The fraction of sp³-hybridized carbons (Fsp3) is 0.333. The molecule has 31 heavy (non-hydrogen) atoms. The molecule has 8 nitrogen and oxygen atoms in total. The van der Waals surface area contributed by atoms with Gasteiger partial charge in [-0.1, -0.05) is 60.3 Å². The van der Waals surface area contributed by atoms with Gasteiger partial charge in [0, 0.05) is 12.6 Å². The molecule has 1 aliphatic heterocycles. The van der Waals surface area contributed by atoms with Crippen LogP contribution in [0, 0.1) is 6.92 Å². The fourth-order valence-electron chi connectivity index (χ4n) is 3.65. The molecule has 1 aromatic heterocycles. The highest BCUT2D eigenvalue weighted by molar-refractivity contribution is 7.99. The largest absolute Gasteiger partial charge is 0.334 e. The Morgan fingerprint density at radius 2 is 1.90 bits per heavy atom. The first-order valence-electron chi connectivity index (χ1n) is 9.94. The standard InChI is InChI=1S/C21H23N5O3S2/c1-16-7-5-6-10-19(16)26-21(22-23-24-26)30-14-20(27)25(13-17-8-3-2-4-9-17)18-11-12-31(28,29)15-18/h2-10,18H,11-15H2,1H3. The van der Waals surface area contributed by atoms with Gasteiger partial charge < -0.3 is 4.90 Å². The van der Waals surface area contributed by atoms with Crippen molar-refractivity contribution in [2.75, 3.05) is 17.3 Å². The van der Waals surface area contributed by atoms with Crippen LogP contribution in [0.2, 0.25) is 0 Å². The van der Waals surface area contributed by atoms with E-state index in [2.05, 4.69) is 15.5 Å². The summed E-state index contributed by atoms with van der Waals surface area (Å²) in [7, 11) is -3.11. The van der Waals surface area contributed by atoms with Gasteiger partial charge in [-0.3, -0.25) is 4.79 Å². The fourth-order valence-corrected chi connectivity index (χ4v) is 6.15. The third kappa shape index (κ3) is 5.13. The number of tetrazole rings is 1. The zero-order valence-corrected chi connectivity index (χ0v) is 18.7. The zero-order chi connectivity index (χ0) is 21.8. The Balaban J connectivity index is 1.51. The van der Waals surface area contributed by atoms with Gasteiger partial charge in [-0.05, 0) is 41.0 Å². The summed E-state index contributed by atoms with van der Waals surface area (Å²) in [5.41, 5.74) is 2.84. The molecule has 0 bridgehead atoms. The van der Waals surface area contributed by atoms with Gasteiger partial charge in [-0.15, -0.1) is 5.10 Å². The summed E-state index contributed by atoms with van der Waals surface area (Å²) in [4.78, 5) is 14.9. The van der Waals surface area contributed by atoms with Crippen LogP contribution in [0.3, 0.4) is 0 Å². The molecule has 0 saturated carbocycles. The van der Waals surface area contributed by atoms with E-state index in [1.807, 2.05) is 61.5 Å². The summed E-state index contributed by atoms with van der Waals surface area (Å²) in [6.07, 6.45) is 0.465. The monoisotopic (exact) mass is 457 g/mol. The molecule has 162 valence electrons. The minimum absolute atomic E-state index is 0.0111. The molecular formula is C21H23N5O3S2. The molecule has 1 saturated heterocycles. The average molecular weight is 458 g/mol. The number of rotatable bonds is 7. The summed E-state index contributed by atoms with van der Waals surface area (Å²) in [6.45, 7) is 2.35. The van der Waals surface area contributed by atoms with Gasteiger partial charge in [0.05, 0.1) is 22.9 Å². The lowest BCUT2D eigenvalue weighted by Crippen LogP contribution is -2.41. The lowest BCUT2D eigenvalue weighted by molar-refractivity contribution is -0.130. The molecule has 2 aromatic carbocycles. The first kappa shape index (κ1) is 21.5. The highest BCUT2D eigenvalue weighted by atomic mass is 32.2. The summed E-state index contributed by atoms with van der Waals surface area (Å²) in [5.74, 6) is 0.122. The summed E-state index contributed by atoms with van der Waals surface area (Å²) < 4.78 is 25.7. The van der Waals surface area contributed by atoms with Crippen LogP contribution in [-0.2, 0) is 21.2 Å². The van der Waals surface area contributed by atoms with E-state index in [1.54, 1.807) is 9.58 Å². The number of carbonyl (C=O) groups is 1. The smallest absolute Gasteiger partial charge is 0.233 e. The van der Waals surface area contributed by atoms with Gasteiger partial charge in [0.25, 0.3) is 0 Å². The second-order valence-corrected chi connectivity index (χ2v) is 10.7. The second-order valence-electron chi connectivity index (χ2n) is 7.51. The Hall–Kier alpha value is -2.72. The molecule has 0 spiro atoms. The third-order valence-electron chi connectivity index (χ3n) is 5.27. The van der Waals surface area contributed by atoms with Crippen molar-refractivity contribution in [2.24, 2.45) is 0 Å². The first-order valence-corrected chi connectivity index (χ1v) is 12.7. The Morgan fingerprint density at radius 1 is 1.16 bits per heavy atom. The van der Waals surface area contributed by atoms with Gasteiger partial charge >= 0.3 is 0 Å². The van der Waals surface area contributed by atoms with Crippen LogP contribution in [0.4, 0.5) is 0 Å². The molecule has 1 atom stereocenters. The lowest BCUT2D eigenvalue weighted by atomic mass is 10.1. The minimum Gasteiger partial charge on any atom is -0.334 e. The molecule has 3 aromatic rings. The Labute approximate surface area is 185 Å². The number of nitrogens with zero attached hydrogens (tertiary/aromatic N) is 5. The number of para-hydroxylation sites is 1. The molecular weight excluding hydrogens is 434 g/mol. The van der Waals surface area contributed by atoms with E-state index in [0.29, 0.717) is 18.1 Å². The number of hydrogen-bond acceptors (Lipinski definition) is 7. The van der Waals surface area contributed by atoms with Crippen LogP contribution >= 0.6 is 11.8 Å². The molecule has 4 rings (SSSR count).